The first-order chi connectivity index (χ1) is 19.9. The number of aryl methyl sites for hydroxylation is 1. The highest BCUT2D eigenvalue weighted by molar-refractivity contribution is 7.92. The molecule has 0 spiro atoms. The maximum atomic E-state index is 13.5. The summed E-state index contributed by atoms with van der Waals surface area (Å²) in [6.45, 7) is 7.08. The average Bonchev–Trinajstić information content (AvgIpc) is 2.98. The highest BCUT2D eigenvalue weighted by Crippen LogP contribution is 2.30. The van der Waals surface area contributed by atoms with E-state index in [1.807, 2.05) is 40.0 Å². The number of halogens is 2. The van der Waals surface area contributed by atoms with E-state index in [0.29, 0.717) is 46.7 Å². The maximum Gasteiger partial charge on any atom is 0.261 e. The zero-order valence-electron chi connectivity index (χ0n) is 24.2. The van der Waals surface area contributed by atoms with Gasteiger partial charge in [-0.05, 0) is 68.9 Å². The van der Waals surface area contributed by atoms with Crippen LogP contribution in [-0.2, 0) is 27.8 Å². The summed E-state index contributed by atoms with van der Waals surface area (Å²) in [7, 11) is -1.86. The van der Waals surface area contributed by atoms with Gasteiger partial charge in [0.25, 0.3) is 10.0 Å². The van der Waals surface area contributed by atoms with Gasteiger partial charge in [-0.25, -0.2) is 8.42 Å². The van der Waals surface area contributed by atoms with E-state index in [2.05, 4.69) is 9.62 Å². The second-order valence-electron chi connectivity index (χ2n) is 11.1. The Morgan fingerprint density at radius 1 is 1.10 bits per heavy atom. The number of aliphatic hydroxyl groups excluding tert-OH is 1. The molecule has 1 aliphatic rings. The minimum absolute atomic E-state index is 0.00166. The van der Waals surface area contributed by atoms with Crippen LogP contribution < -0.4 is 9.46 Å². The van der Waals surface area contributed by atoms with Crippen LogP contribution >= 0.6 is 23.2 Å². The molecule has 226 valence electrons. The lowest BCUT2D eigenvalue weighted by Gasteiger charge is -2.34. The van der Waals surface area contributed by atoms with Crippen LogP contribution in [0.15, 0.2) is 65.6 Å². The van der Waals surface area contributed by atoms with Crippen molar-refractivity contribution in [1.29, 1.82) is 0 Å². The molecule has 3 atom stereocenters. The van der Waals surface area contributed by atoms with Gasteiger partial charge in [-0.15, -0.1) is 0 Å². The number of likely N-dealkylation sites (N-methyl/N-ethyl adjacent to an activating group) is 1. The number of amides is 1. The van der Waals surface area contributed by atoms with E-state index < -0.39 is 10.0 Å². The number of carbonyl (C=O) groups excluding carboxylic acids is 1. The highest BCUT2D eigenvalue weighted by Gasteiger charge is 2.31. The Morgan fingerprint density at radius 3 is 2.48 bits per heavy atom. The third-order valence-electron chi connectivity index (χ3n) is 7.43. The molecule has 3 aromatic rings. The molecule has 1 amide bonds. The standard InChI is InChI=1S/C31H37Cl2N3O5S/c1-20-5-9-26(10-6-20)42(39,40)34-25-8-12-29-24(14-25)15-31(38)36(22(3)19-37)16-21(2)30(41-29)18-35(4)17-23-7-11-27(32)28(33)13-23/h5-14,21-22,30,34,37H,15-19H2,1-4H3/t21-,22-,30-/m0/s1. The summed E-state index contributed by atoms with van der Waals surface area (Å²) in [6.07, 6.45) is -0.316. The predicted molar refractivity (Wildman–Crippen MR) is 167 cm³/mol. The molecule has 0 radical (unpaired) electrons. The average molecular weight is 635 g/mol. The summed E-state index contributed by atoms with van der Waals surface area (Å²) in [5, 5.41) is 10.9. The minimum Gasteiger partial charge on any atom is -0.488 e. The van der Waals surface area contributed by atoms with Crippen molar-refractivity contribution in [3.05, 3.63) is 87.4 Å². The zero-order valence-corrected chi connectivity index (χ0v) is 26.5. The molecular weight excluding hydrogens is 597 g/mol. The molecule has 1 heterocycles. The number of carbonyl (C=O) groups is 1. The Morgan fingerprint density at radius 2 is 1.81 bits per heavy atom. The molecule has 11 heteroatoms. The van der Waals surface area contributed by atoms with Crippen molar-refractivity contribution in [2.24, 2.45) is 5.92 Å². The monoisotopic (exact) mass is 633 g/mol. The van der Waals surface area contributed by atoms with Crippen LogP contribution in [0.4, 0.5) is 5.69 Å². The van der Waals surface area contributed by atoms with E-state index in [4.69, 9.17) is 27.9 Å². The second kappa shape index (κ2) is 13.7. The Balaban J connectivity index is 1.62. The molecule has 0 fully saturated rings. The molecular formula is C31H37Cl2N3O5S. The summed E-state index contributed by atoms with van der Waals surface area (Å²) in [6, 6.07) is 16.7. The Hall–Kier alpha value is -2.82. The fourth-order valence-corrected chi connectivity index (χ4v) is 6.33. The van der Waals surface area contributed by atoms with Crippen molar-refractivity contribution in [3.63, 3.8) is 0 Å². The van der Waals surface area contributed by atoms with Crippen LogP contribution in [-0.4, -0.2) is 68.1 Å². The largest absolute Gasteiger partial charge is 0.488 e. The van der Waals surface area contributed by atoms with Crippen molar-refractivity contribution in [1.82, 2.24) is 9.80 Å². The van der Waals surface area contributed by atoms with Crippen molar-refractivity contribution in [3.8, 4) is 5.75 Å². The van der Waals surface area contributed by atoms with Gasteiger partial charge >= 0.3 is 0 Å². The van der Waals surface area contributed by atoms with Gasteiger partial charge in [0, 0.05) is 36.8 Å². The number of nitrogens with zero attached hydrogens (tertiary/aromatic N) is 2. The topological polar surface area (TPSA) is 99.2 Å². The van der Waals surface area contributed by atoms with Gasteiger partial charge in [-0.1, -0.05) is 53.9 Å². The van der Waals surface area contributed by atoms with E-state index in [-0.39, 0.29) is 41.9 Å². The normalized spacial score (nSPS) is 18.5. The zero-order chi connectivity index (χ0) is 30.6. The van der Waals surface area contributed by atoms with Gasteiger partial charge in [0.05, 0.1) is 34.0 Å². The van der Waals surface area contributed by atoms with Crippen LogP contribution in [0.2, 0.25) is 10.0 Å². The fraction of sp³-hybridized carbons (Fsp3) is 0.387. The van der Waals surface area contributed by atoms with Crippen molar-refractivity contribution in [2.75, 3.05) is 31.5 Å². The first kappa shape index (κ1) is 32.1. The van der Waals surface area contributed by atoms with Crippen molar-refractivity contribution < 1.29 is 23.1 Å². The maximum absolute atomic E-state index is 13.5. The number of ether oxygens (including phenoxy) is 1. The van der Waals surface area contributed by atoms with Gasteiger partial charge in [-0.2, -0.15) is 0 Å². The first-order valence-corrected chi connectivity index (χ1v) is 16.0. The fourth-order valence-electron chi connectivity index (χ4n) is 4.96. The van der Waals surface area contributed by atoms with Crippen LogP contribution in [0.1, 0.15) is 30.5 Å². The number of hydrogen-bond acceptors (Lipinski definition) is 6. The third-order valence-corrected chi connectivity index (χ3v) is 9.56. The van der Waals surface area contributed by atoms with E-state index in [9.17, 15) is 18.3 Å². The number of fused-ring (bicyclic) bond motifs is 1. The first-order valence-electron chi connectivity index (χ1n) is 13.8. The summed E-state index contributed by atoms with van der Waals surface area (Å²) in [5.74, 6) is 0.265. The number of hydrogen-bond donors (Lipinski definition) is 2. The van der Waals surface area contributed by atoms with E-state index >= 15 is 0 Å². The number of rotatable bonds is 9. The smallest absolute Gasteiger partial charge is 0.261 e. The summed E-state index contributed by atoms with van der Waals surface area (Å²) in [4.78, 5) is 17.4. The van der Waals surface area contributed by atoms with Crippen molar-refractivity contribution >= 4 is 44.8 Å². The van der Waals surface area contributed by atoms with Gasteiger partial charge in [0.2, 0.25) is 5.91 Å². The Kier molecular flexibility index (Phi) is 10.4. The number of aliphatic hydroxyl groups is 1. The minimum atomic E-state index is -3.84. The lowest BCUT2D eigenvalue weighted by Crippen LogP contribution is -2.47. The molecule has 0 unspecified atom stereocenters. The summed E-state index contributed by atoms with van der Waals surface area (Å²) >= 11 is 12.3. The van der Waals surface area contributed by atoms with Gasteiger partial charge in [0.1, 0.15) is 11.9 Å². The predicted octanol–water partition coefficient (Wildman–Crippen LogP) is 5.38. The molecule has 0 saturated heterocycles. The lowest BCUT2D eigenvalue weighted by molar-refractivity contribution is -0.134. The summed E-state index contributed by atoms with van der Waals surface area (Å²) in [5.41, 5.74) is 2.84. The third kappa shape index (κ3) is 7.96. The van der Waals surface area contributed by atoms with Crippen molar-refractivity contribution in [2.45, 2.75) is 50.8 Å². The molecule has 8 nitrogen and oxygen atoms in total. The molecule has 42 heavy (non-hydrogen) atoms. The van der Waals surface area contributed by atoms with Crippen LogP contribution in [0, 0.1) is 12.8 Å². The molecule has 0 aromatic heterocycles. The van der Waals surface area contributed by atoms with Gasteiger partial charge in [-0.3, -0.25) is 14.4 Å². The lowest BCUT2D eigenvalue weighted by atomic mass is 10.0. The molecule has 3 aromatic carbocycles. The molecule has 0 aliphatic carbocycles. The van der Waals surface area contributed by atoms with Gasteiger partial charge in [0.15, 0.2) is 0 Å². The van der Waals surface area contributed by atoms with E-state index in [1.54, 1.807) is 53.4 Å². The number of benzene rings is 3. The SMILES string of the molecule is Cc1ccc(S(=O)(=O)Nc2ccc3c(c2)CC(=O)N([C@@H](C)CO)C[C@H](C)[C@H](CN(C)Cc2ccc(Cl)c(Cl)c2)O3)cc1. The number of sulfonamides is 1. The quantitative estimate of drug-likeness (QED) is 0.328. The molecule has 4 rings (SSSR count). The highest BCUT2D eigenvalue weighted by atomic mass is 35.5. The number of nitrogens with one attached hydrogen (secondary N) is 1. The van der Waals surface area contributed by atoms with Crippen LogP contribution in [0.3, 0.4) is 0 Å². The number of anilines is 1. The van der Waals surface area contributed by atoms with Gasteiger partial charge < -0.3 is 14.7 Å². The van der Waals surface area contributed by atoms with E-state index in [1.165, 1.54) is 0 Å². The van der Waals surface area contributed by atoms with Crippen LogP contribution in [0.25, 0.3) is 0 Å². The van der Waals surface area contributed by atoms with E-state index in [0.717, 1.165) is 11.1 Å². The molecule has 2 N–H and O–H groups in total. The molecule has 0 bridgehead atoms. The molecule has 0 saturated carbocycles. The van der Waals surface area contributed by atoms with Crippen LogP contribution in [0.5, 0.6) is 5.75 Å². The second-order valence-corrected chi connectivity index (χ2v) is 13.6. The Bertz CT molecular complexity index is 1520. The Labute approximate surface area is 258 Å². The molecule has 1 aliphatic heterocycles. The summed E-state index contributed by atoms with van der Waals surface area (Å²) < 4.78 is 35.3.